The Balaban J connectivity index is 2.28. The highest BCUT2D eigenvalue weighted by Crippen LogP contribution is 2.18. The fraction of sp³-hybridized carbons (Fsp3) is 0.692. The largest absolute Gasteiger partial charge is 0.383 e. The molecule has 118 valence electrons. The van der Waals surface area contributed by atoms with Gasteiger partial charge in [0.25, 0.3) is 5.56 Å². The van der Waals surface area contributed by atoms with Gasteiger partial charge in [-0.25, -0.2) is 4.79 Å². The van der Waals surface area contributed by atoms with Crippen LogP contribution in [0.1, 0.15) is 26.7 Å². The number of nitrogen functional groups attached to an aromatic ring is 1. The second-order valence-corrected chi connectivity index (χ2v) is 7.49. The molecule has 0 atom stereocenters. The van der Waals surface area contributed by atoms with Gasteiger partial charge in [-0.05, 0) is 18.8 Å². The third-order valence-corrected chi connectivity index (χ3v) is 4.91. The van der Waals surface area contributed by atoms with Crippen molar-refractivity contribution in [3.8, 4) is 0 Å². The fourth-order valence-electron chi connectivity index (χ4n) is 2.42. The zero-order chi connectivity index (χ0) is 15.6. The first-order valence-corrected chi connectivity index (χ1v) is 8.61. The number of rotatable bonds is 4. The lowest BCUT2D eigenvalue weighted by atomic mass is 10.1. The van der Waals surface area contributed by atoms with E-state index >= 15 is 0 Å². The van der Waals surface area contributed by atoms with Crippen LogP contribution < -0.4 is 22.3 Å². The summed E-state index contributed by atoms with van der Waals surface area (Å²) in [5, 5.41) is 3.12. The molecule has 0 aromatic carbocycles. The number of hydrogen-bond acceptors (Lipinski definition) is 5. The molecule has 1 aliphatic heterocycles. The van der Waals surface area contributed by atoms with E-state index in [0.717, 1.165) is 12.8 Å². The van der Waals surface area contributed by atoms with Gasteiger partial charge in [0.2, 0.25) is 0 Å². The molecule has 1 aromatic rings. The third kappa shape index (κ3) is 3.75. The highest BCUT2D eigenvalue weighted by atomic mass is 32.2. The molecule has 1 saturated heterocycles. The van der Waals surface area contributed by atoms with E-state index in [2.05, 4.69) is 10.3 Å². The summed E-state index contributed by atoms with van der Waals surface area (Å²) in [5.41, 5.74) is 5.26. The van der Waals surface area contributed by atoms with Crippen molar-refractivity contribution in [2.45, 2.75) is 39.3 Å². The summed E-state index contributed by atoms with van der Waals surface area (Å²) in [6.07, 6.45) is 1.46. The van der Waals surface area contributed by atoms with E-state index in [1.54, 1.807) is 0 Å². The van der Waals surface area contributed by atoms with Crippen LogP contribution in [-0.2, 0) is 17.3 Å². The van der Waals surface area contributed by atoms with Gasteiger partial charge >= 0.3 is 5.69 Å². The maximum atomic E-state index is 12.0. The SMILES string of the molecule is CC(C)Cn1c(N)c(NC2CCS(=O)CC2)c(=O)[nH]c1=O. The lowest BCUT2D eigenvalue weighted by Crippen LogP contribution is -2.38. The maximum Gasteiger partial charge on any atom is 0.330 e. The summed E-state index contributed by atoms with van der Waals surface area (Å²) in [7, 11) is -0.758. The van der Waals surface area contributed by atoms with Crippen LogP contribution >= 0.6 is 0 Å². The van der Waals surface area contributed by atoms with E-state index in [1.807, 2.05) is 13.8 Å². The quantitative estimate of drug-likeness (QED) is 0.730. The van der Waals surface area contributed by atoms with Gasteiger partial charge in [-0.2, -0.15) is 0 Å². The average molecular weight is 314 g/mol. The normalized spacial score (nSPS) is 22.4. The highest BCUT2D eigenvalue weighted by Gasteiger charge is 2.21. The molecule has 4 N–H and O–H groups in total. The van der Waals surface area contributed by atoms with Crippen molar-refractivity contribution >= 4 is 22.3 Å². The van der Waals surface area contributed by atoms with Gasteiger partial charge in [0.1, 0.15) is 11.5 Å². The molecular weight excluding hydrogens is 292 g/mol. The van der Waals surface area contributed by atoms with Crippen LogP contribution in [0.25, 0.3) is 0 Å². The van der Waals surface area contributed by atoms with Crippen LogP contribution in [0, 0.1) is 5.92 Å². The Hall–Kier alpha value is -1.57. The zero-order valence-electron chi connectivity index (χ0n) is 12.3. The van der Waals surface area contributed by atoms with E-state index in [-0.39, 0.29) is 23.5 Å². The third-order valence-electron chi connectivity index (χ3n) is 3.52. The molecule has 0 aliphatic carbocycles. The first kappa shape index (κ1) is 15.8. The molecule has 1 aromatic heterocycles. The molecule has 21 heavy (non-hydrogen) atoms. The lowest BCUT2D eigenvalue weighted by molar-refractivity contribution is 0.507. The monoisotopic (exact) mass is 314 g/mol. The van der Waals surface area contributed by atoms with Gasteiger partial charge in [-0.1, -0.05) is 13.8 Å². The number of aromatic amines is 1. The number of nitrogens with one attached hydrogen (secondary N) is 2. The molecule has 0 saturated carbocycles. The molecular formula is C13H22N4O3S. The van der Waals surface area contributed by atoms with Crippen LogP contribution in [0.15, 0.2) is 9.59 Å². The molecule has 0 bridgehead atoms. The highest BCUT2D eigenvalue weighted by molar-refractivity contribution is 7.85. The van der Waals surface area contributed by atoms with Crippen molar-refractivity contribution in [3.63, 3.8) is 0 Å². The Morgan fingerprint density at radius 2 is 2.00 bits per heavy atom. The molecule has 1 fully saturated rings. The number of hydrogen-bond donors (Lipinski definition) is 3. The summed E-state index contributed by atoms with van der Waals surface area (Å²) in [6.45, 7) is 4.39. The van der Waals surface area contributed by atoms with Crippen molar-refractivity contribution in [2.24, 2.45) is 5.92 Å². The molecule has 0 spiro atoms. The first-order chi connectivity index (χ1) is 9.88. The van der Waals surface area contributed by atoms with E-state index in [1.165, 1.54) is 4.57 Å². The Morgan fingerprint density at radius 3 is 2.57 bits per heavy atom. The van der Waals surface area contributed by atoms with E-state index < -0.39 is 22.0 Å². The summed E-state index contributed by atoms with van der Waals surface area (Å²) in [5.74, 6) is 1.66. The molecule has 7 nitrogen and oxygen atoms in total. The van der Waals surface area contributed by atoms with Gasteiger partial charge in [0, 0.05) is 34.9 Å². The smallest absolute Gasteiger partial charge is 0.330 e. The minimum absolute atomic E-state index is 0.0658. The minimum atomic E-state index is -0.758. The molecule has 2 heterocycles. The first-order valence-electron chi connectivity index (χ1n) is 7.12. The van der Waals surface area contributed by atoms with Crippen molar-refractivity contribution < 1.29 is 4.21 Å². The predicted molar refractivity (Wildman–Crippen MR) is 85.1 cm³/mol. The van der Waals surface area contributed by atoms with Crippen LogP contribution in [0.3, 0.4) is 0 Å². The summed E-state index contributed by atoms with van der Waals surface area (Å²) < 4.78 is 12.7. The zero-order valence-corrected chi connectivity index (χ0v) is 13.2. The molecule has 1 aliphatic rings. The predicted octanol–water partition coefficient (Wildman–Crippen LogP) is 0.0978. The minimum Gasteiger partial charge on any atom is -0.383 e. The Kier molecular flexibility index (Phi) is 4.87. The van der Waals surface area contributed by atoms with Gasteiger partial charge in [-0.15, -0.1) is 0 Å². The van der Waals surface area contributed by atoms with Gasteiger partial charge < -0.3 is 11.1 Å². The number of anilines is 2. The molecule has 2 rings (SSSR count). The number of H-pyrrole nitrogens is 1. The molecule has 0 radical (unpaired) electrons. The van der Waals surface area contributed by atoms with Crippen LogP contribution in [-0.4, -0.2) is 31.3 Å². The van der Waals surface area contributed by atoms with Crippen LogP contribution in [0.4, 0.5) is 11.5 Å². The molecule has 0 amide bonds. The van der Waals surface area contributed by atoms with Gasteiger partial charge in [0.05, 0.1) is 0 Å². The average Bonchev–Trinajstić information content (AvgIpc) is 2.41. The topological polar surface area (TPSA) is 110 Å². The van der Waals surface area contributed by atoms with E-state index in [9.17, 15) is 13.8 Å². The van der Waals surface area contributed by atoms with Crippen LogP contribution in [0.2, 0.25) is 0 Å². The van der Waals surface area contributed by atoms with E-state index in [4.69, 9.17) is 5.73 Å². The van der Waals surface area contributed by atoms with Crippen molar-refractivity contribution in [1.82, 2.24) is 9.55 Å². The molecule has 8 heteroatoms. The maximum absolute atomic E-state index is 12.0. The lowest BCUT2D eigenvalue weighted by Gasteiger charge is -2.24. The van der Waals surface area contributed by atoms with E-state index in [0.29, 0.717) is 18.1 Å². The summed E-state index contributed by atoms with van der Waals surface area (Å²) in [4.78, 5) is 26.1. The second kappa shape index (κ2) is 6.46. The second-order valence-electron chi connectivity index (χ2n) is 5.79. The van der Waals surface area contributed by atoms with Crippen molar-refractivity contribution in [3.05, 3.63) is 20.8 Å². The fourth-order valence-corrected chi connectivity index (χ4v) is 3.71. The Bertz CT molecular complexity index is 640. The number of nitrogens with zero attached hydrogens (tertiary/aromatic N) is 1. The van der Waals surface area contributed by atoms with Crippen molar-refractivity contribution in [1.29, 1.82) is 0 Å². The Morgan fingerprint density at radius 1 is 1.38 bits per heavy atom. The summed E-state index contributed by atoms with van der Waals surface area (Å²) in [6, 6.07) is 0.0658. The van der Waals surface area contributed by atoms with Crippen LogP contribution in [0.5, 0.6) is 0 Å². The van der Waals surface area contributed by atoms with Gasteiger partial charge in [-0.3, -0.25) is 18.6 Å². The number of nitrogens with two attached hydrogens (primary N) is 1. The van der Waals surface area contributed by atoms with Gasteiger partial charge in [0.15, 0.2) is 0 Å². The number of aromatic nitrogens is 2. The standard InChI is InChI=1S/C13H22N4O3S/c1-8(2)7-17-11(14)10(12(18)16-13(17)19)15-9-3-5-21(20)6-4-9/h8-9,15H,3-7,14H2,1-2H3,(H,16,18,19). The van der Waals surface area contributed by atoms with Crippen molar-refractivity contribution in [2.75, 3.05) is 22.6 Å². The summed E-state index contributed by atoms with van der Waals surface area (Å²) >= 11 is 0. The Labute approximate surface area is 125 Å². The molecule has 0 unspecified atom stereocenters.